The molecule has 0 aliphatic rings. The van der Waals surface area contributed by atoms with E-state index in [9.17, 15) is 8.42 Å². The number of hydrogen-bond donors (Lipinski definition) is 0. The molecule has 3 aromatic carbocycles. The molecule has 0 amide bonds. The number of rotatable bonds is 5. The average Bonchev–Trinajstić information content (AvgIpc) is 2.63. The monoisotopic (exact) mass is 419 g/mol. The molecule has 3 rings (SSSR count). The van der Waals surface area contributed by atoms with Crippen LogP contribution in [0.3, 0.4) is 0 Å². The number of anilines is 1. The lowest BCUT2D eigenvalue weighted by Gasteiger charge is -2.28. The summed E-state index contributed by atoms with van der Waals surface area (Å²) in [6.07, 6.45) is 0. The highest BCUT2D eigenvalue weighted by Crippen LogP contribution is 2.33. The van der Waals surface area contributed by atoms with Gasteiger partial charge in [0, 0.05) is 10.0 Å². The minimum absolute atomic E-state index is 0.110. The van der Waals surface area contributed by atoms with E-state index >= 15 is 0 Å². The van der Waals surface area contributed by atoms with E-state index in [-0.39, 0.29) is 11.4 Å². The Morgan fingerprint density at radius 3 is 2.07 bits per heavy atom. The van der Waals surface area contributed by atoms with Crippen molar-refractivity contribution in [2.75, 3.05) is 4.31 Å². The average molecular weight is 420 g/mol. The zero-order valence-electron chi connectivity index (χ0n) is 15.0. The SMILES string of the molecule is Cc1cccc(C)c1N(Cc1ccc(Cl)cc1Cl)S(=O)(=O)c1ccccc1. The molecule has 0 bridgehead atoms. The maximum absolute atomic E-state index is 13.5. The van der Waals surface area contributed by atoms with Gasteiger partial charge in [0.25, 0.3) is 10.0 Å². The molecule has 6 heteroatoms. The third-order valence-electron chi connectivity index (χ3n) is 4.35. The van der Waals surface area contributed by atoms with Crippen LogP contribution in [0.2, 0.25) is 10.0 Å². The van der Waals surface area contributed by atoms with Crippen molar-refractivity contribution in [1.82, 2.24) is 0 Å². The van der Waals surface area contributed by atoms with Crippen molar-refractivity contribution in [1.29, 1.82) is 0 Å². The first-order chi connectivity index (χ1) is 12.8. The molecule has 0 spiro atoms. The first kappa shape index (κ1) is 19.7. The number of benzene rings is 3. The summed E-state index contributed by atoms with van der Waals surface area (Å²) in [6.45, 7) is 3.91. The molecule has 3 nitrogen and oxygen atoms in total. The molecular weight excluding hydrogens is 401 g/mol. The van der Waals surface area contributed by atoms with Crippen LogP contribution in [0, 0.1) is 13.8 Å². The van der Waals surface area contributed by atoms with E-state index < -0.39 is 10.0 Å². The van der Waals surface area contributed by atoms with Crippen molar-refractivity contribution in [3.63, 3.8) is 0 Å². The van der Waals surface area contributed by atoms with Crippen LogP contribution in [0.1, 0.15) is 16.7 Å². The quantitative estimate of drug-likeness (QED) is 0.507. The normalized spacial score (nSPS) is 11.4. The Morgan fingerprint density at radius 2 is 1.48 bits per heavy atom. The zero-order valence-corrected chi connectivity index (χ0v) is 17.3. The van der Waals surface area contributed by atoms with Gasteiger partial charge >= 0.3 is 0 Å². The van der Waals surface area contributed by atoms with Crippen molar-refractivity contribution >= 4 is 38.9 Å². The van der Waals surface area contributed by atoms with Crippen molar-refractivity contribution in [3.05, 3.63) is 93.5 Å². The predicted octanol–water partition coefficient (Wildman–Crippen LogP) is 6.01. The molecule has 0 aliphatic heterocycles. The molecule has 0 heterocycles. The lowest BCUT2D eigenvalue weighted by atomic mass is 10.1. The van der Waals surface area contributed by atoms with Crippen LogP contribution in [0.25, 0.3) is 0 Å². The Balaban J connectivity index is 2.18. The van der Waals surface area contributed by atoms with Crippen molar-refractivity contribution in [3.8, 4) is 0 Å². The summed E-state index contributed by atoms with van der Waals surface area (Å²) < 4.78 is 28.4. The van der Waals surface area contributed by atoms with Crippen molar-refractivity contribution < 1.29 is 8.42 Å². The van der Waals surface area contributed by atoms with Gasteiger partial charge < -0.3 is 0 Å². The molecule has 27 heavy (non-hydrogen) atoms. The third kappa shape index (κ3) is 4.13. The Bertz CT molecular complexity index is 1050. The second kappa shape index (κ2) is 7.93. The largest absolute Gasteiger partial charge is 0.264 e. The third-order valence-corrected chi connectivity index (χ3v) is 6.70. The van der Waals surface area contributed by atoms with Gasteiger partial charge in [-0.2, -0.15) is 0 Å². The fourth-order valence-electron chi connectivity index (χ4n) is 3.01. The Kier molecular flexibility index (Phi) is 5.80. The summed E-state index contributed by atoms with van der Waals surface area (Å²) in [4.78, 5) is 0.234. The molecule has 0 saturated carbocycles. The van der Waals surface area contributed by atoms with Gasteiger partial charge in [-0.15, -0.1) is 0 Å². The minimum Gasteiger partial charge on any atom is -0.261 e. The number of halogens is 2. The van der Waals surface area contributed by atoms with Gasteiger partial charge in [0.1, 0.15) is 0 Å². The standard InChI is InChI=1S/C21H19Cl2NO2S/c1-15-7-6-8-16(2)21(15)24(14-17-11-12-18(22)13-20(17)23)27(25,26)19-9-4-3-5-10-19/h3-13H,14H2,1-2H3. The Labute approximate surface area is 170 Å². The minimum atomic E-state index is -3.78. The highest BCUT2D eigenvalue weighted by Gasteiger charge is 2.28. The van der Waals surface area contributed by atoms with Crippen LogP contribution in [-0.2, 0) is 16.6 Å². The van der Waals surface area contributed by atoms with E-state index in [0.717, 1.165) is 11.1 Å². The number of para-hydroxylation sites is 1. The van der Waals surface area contributed by atoms with Crippen LogP contribution in [0.4, 0.5) is 5.69 Å². The van der Waals surface area contributed by atoms with Crippen molar-refractivity contribution in [2.45, 2.75) is 25.3 Å². The maximum Gasteiger partial charge on any atom is 0.264 e. The second-order valence-corrected chi connectivity index (χ2v) is 9.01. The topological polar surface area (TPSA) is 37.4 Å². The summed E-state index contributed by atoms with van der Waals surface area (Å²) in [7, 11) is -3.78. The van der Waals surface area contributed by atoms with E-state index in [4.69, 9.17) is 23.2 Å². The van der Waals surface area contributed by atoms with Gasteiger partial charge in [0.15, 0.2) is 0 Å². The van der Waals surface area contributed by atoms with Gasteiger partial charge in [0.05, 0.1) is 17.1 Å². The number of aryl methyl sites for hydroxylation is 2. The molecule has 0 unspecified atom stereocenters. The van der Waals surface area contributed by atoms with Gasteiger partial charge in [-0.3, -0.25) is 4.31 Å². The first-order valence-corrected chi connectivity index (χ1v) is 10.6. The zero-order chi connectivity index (χ0) is 19.6. The molecule has 0 saturated heterocycles. The molecule has 0 fully saturated rings. The smallest absolute Gasteiger partial charge is 0.261 e. The summed E-state index contributed by atoms with van der Waals surface area (Å²) >= 11 is 12.3. The van der Waals surface area contributed by atoms with E-state index in [2.05, 4.69) is 0 Å². The van der Waals surface area contributed by atoms with Gasteiger partial charge in [-0.05, 0) is 54.8 Å². The molecular formula is C21H19Cl2NO2S. The van der Waals surface area contributed by atoms with E-state index in [1.807, 2.05) is 32.0 Å². The lowest BCUT2D eigenvalue weighted by Crippen LogP contribution is -2.32. The van der Waals surface area contributed by atoms with Crippen LogP contribution in [-0.4, -0.2) is 8.42 Å². The molecule has 0 radical (unpaired) electrons. The first-order valence-electron chi connectivity index (χ1n) is 8.38. The Morgan fingerprint density at radius 1 is 0.852 bits per heavy atom. The molecule has 140 valence electrons. The molecule has 3 aromatic rings. The Hall–Kier alpha value is -2.01. The maximum atomic E-state index is 13.5. The van der Waals surface area contributed by atoms with E-state index in [1.165, 1.54) is 4.31 Å². The number of sulfonamides is 1. The van der Waals surface area contributed by atoms with Crippen LogP contribution in [0.5, 0.6) is 0 Å². The highest BCUT2D eigenvalue weighted by atomic mass is 35.5. The van der Waals surface area contributed by atoms with Crippen LogP contribution < -0.4 is 4.31 Å². The number of nitrogens with zero attached hydrogens (tertiary/aromatic N) is 1. The van der Waals surface area contributed by atoms with E-state index in [0.29, 0.717) is 21.3 Å². The highest BCUT2D eigenvalue weighted by molar-refractivity contribution is 7.92. The van der Waals surface area contributed by atoms with Crippen molar-refractivity contribution in [2.24, 2.45) is 0 Å². The van der Waals surface area contributed by atoms with Crippen LogP contribution in [0.15, 0.2) is 71.6 Å². The molecule has 0 aromatic heterocycles. The lowest BCUT2D eigenvalue weighted by molar-refractivity contribution is 0.590. The van der Waals surface area contributed by atoms with E-state index in [1.54, 1.807) is 48.5 Å². The fraction of sp³-hybridized carbons (Fsp3) is 0.143. The fourth-order valence-corrected chi connectivity index (χ4v) is 5.07. The number of hydrogen-bond acceptors (Lipinski definition) is 2. The molecule has 0 N–H and O–H groups in total. The summed E-state index contributed by atoms with van der Waals surface area (Å²) in [5, 5.41) is 0.940. The molecule has 0 atom stereocenters. The summed E-state index contributed by atoms with van der Waals surface area (Å²) in [5.74, 6) is 0. The van der Waals surface area contributed by atoms with Crippen LogP contribution >= 0.6 is 23.2 Å². The summed E-state index contributed by atoms with van der Waals surface area (Å²) in [6, 6.07) is 19.2. The second-order valence-electron chi connectivity index (χ2n) is 6.30. The van der Waals surface area contributed by atoms with Gasteiger partial charge in [-0.25, -0.2) is 8.42 Å². The van der Waals surface area contributed by atoms with Gasteiger partial charge in [0.2, 0.25) is 0 Å². The molecule has 0 aliphatic carbocycles. The van der Waals surface area contributed by atoms with Gasteiger partial charge in [-0.1, -0.05) is 65.7 Å². The predicted molar refractivity (Wildman–Crippen MR) is 112 cm³/mol. The summed E-state index contributed by atoms with van der Waals surface area (Å²) in [5.41, 5.74) is 3.09.